The van der Waals surface area contributed by atoms with E-state index in [4.69, 9.17) is 5.73 Å². The molecule has 1 aromatic carbocycles. The van der Waals surface area contributed by atoms with E-state index in [1.54, 1.807) is 0 Å². The van der Waals surface area contributed by atoms with Crippen molar-refractivity contribution in [1.82, 2.24) is 0 Å². The van der Waals surface area contributed by atoms with Crippen LogP contribution in [0.4, 0.5) is 0 Å². The second-order valence-electron chi connectivity index (χ2n) is 4.94. The van der Waals surface area contributed by atoms with Crippen LogP contribution in [0.15, 0.2) is 24.3 Å². The van der Waals surface area contributed by atoms with E-state index in [1.807, 2.05) is 11.8 Å². The average molecular weight is 249 g/mol. The first-order valence-corrected chi connectivity index (χ1v) is 7.84. The summed E-state index contributed by atoms with van der Waals surface area (Å²) in [5, 5.41) is 0. The van der Waals surface area contributed by atoms with Gasteiger partial charge in [0, 0.05) is 12.0 Å². The topological polar surface area (TPSA) is 26.0 Å². The number of benzene rings is 1. The fraction of sp³-hybridized carbons (Fsp3) is 0.600. The number of nitrogens with two attached hydrogens (primary N) is 1. The molecule has 0 saturated heterocycles. The smallest absolute Gasteiger partial charge is 0.00862 e. The van der Waals surface area contributed by atoms with Crippen molar-refractivity contribution in [2.45, 2.75) is 38.0 Å². The molecule has 0 spiro atoms. The summed E-state index contributed by atoms with van der Waals surface area (Å²) in [5.74, 6) is 2.45. The lowest BCUT2D eigenvalue weighted by atomic mass is 9.68. The Bertz CT molecular complexity index is 364. The van der Waals surface area contributed by atoms with E-state index in [1.165, 1.54) is 48.3 Å². The van der Waals surface area contributed by atoms with Gasteiger partial charge >= 0.3 is 0 Å². The Balaban J connectivity index is 2.22. The van der Waals surface area contributed by atoms with Crippen molar-refractivity contribution in [3.63, 3.8) is 0 Å². The highest BCUT2D eigenvalue weighted by atomic mass is 32.2. The van der Waals surface area contributed by atoms with Crippen LogP contribution in [-0.4, -0.2) is 18.1 Å². The number of thioether (sulfide) groups is 1. The van der Waals surface area contributed by atoms with Gasteiger partial charge in [-0.1, -0.05) is 31.2 Å². The summed E-state index contributed by atoms with van der Waals surface area (Å²) in [6, 6.07) is 8.91. The molecule has 2 heteroatoms. The molecule has 0 radical (unpaired) electrons. The fourth-order valence-electron chi connectivity index (χ4n) is 2.99. The molecule has 1 nitrogen and oxygen atoms in total. The molecule has 2 N–H and O–H groups in total. The molecule has 0 fully saturated rings. The number of hydrogen-bond donors (Lipinski definition) is 1. The van der Waals surface area contributed by atoms with Gasteiger partial charge in [-0.25, -0.2) is 0 Å². The minimum atomic E-state index is 0.261. The monoisotopic (exact) mass is 249 g/mol. The van der Waals surface area contributed by atoms with Crippen LogP contribution < -0.4 is 5.73 Å². The van der Waals surface area contributed by atoms with Crippen molar-refractivity contribution >= 4 is 11.8 Å². The van der Waals surface area contributed by atoms with E-state index in [0.29, 0.717) is 0 Å². The third kappa shape index (κ3) is 2.69. The van der Waals surface area contributed by atoms with Gasteiger partial charge in [0.15, 0.2) is 0 Å². The van der Waals surface area contributed by atoms with E-state index >= 15 is 0 Å². The maximum absolute atomic E-state index is 6.13. The van der Waals surface area contributed by atoms with Gasteiger partial charge in [0.05, 0.1) is 0 Å². The van der Waals surface area contributed by atoms with Gasteiger partial charge in [-0.3, -0.25) is 0 Å². The summed E-state index contributed by atoms with van der Waals surface area (Å²) < 4.78 is 0. The first-order chi connectivity index (χ1) is 8.32. The molecule has 1 unspecified atom stereocenters. The van der Waals surface area contributed by atoms with Gasteiger partial charge in [0.25, 0.3) is 0 Å². The van der Waals surface area contributed by atoms with Crippen LogP contribution in [0.2, 0.25) is 0 Å². The average Bonchev–Trinajstić information content (AvgIpc) is 2.39. The van der Waals surface area contributed by atoms with Crippen LogP contribution in [0.3, 0.4) is 0 Å². The Morgan fingerprint density at radius 1 is 1.35 bits per heavy atom. The Morgan fingerprint density at radius 2 is 2.18 bits per heavy atom. The molecule has 1 aliphatic rings. The van der Waals surface area contributed by atoms with Crippen LogP contribution in [0, 0.1) is 0 Å². The van der Waals surface area contributed by atoms with E-state index in [2.05, 4.69) is 31.2 Å². The minimum absolute atomic E-state index is 0.261. The standard InChI is InChI=1S/C15H23NS/c1-2-17-11-10-15(12-16)9-5-7-13-6-3-4-8-14(13)15/h3-4,6,8H,2,5,7,9-12,16H2,1H3. The SMILES string of the molecule is CCSCCC1(CN)CCCc2ccccc21. The largest absolute Gasteiger partial charge is 0.330 e. The van der Waals surface area contributed by atoms with Crippen LogP contribution in [0.5, 0.6) is 0 Å². The number of aryl methyl sites for hydroxylation is 1. The zero-order chi connectivity index (χ0) is 12.1. The number of hydrogen-bond acceptors (Lipinski definition) is 2. The molecule has 17 heavy (non-hydrogen) atoms. The van der Waals surface area contributed by atoms with E-state index in [-0.39, 0.29) is 5.41 Å². The van der Waals surface area contributed by atoms with Crippen molar-refractivity contribution in [1.29, 1.82) is 0 Å². The summed E-state index contributed by atoms with van der Waals surface area (Å²) in [5.41, 5.74) is 9.45. The highest BCUT2D eigenvalue weighted by molar-refractivity contribution is 7.99. The van der Waals surface area contributed by atoms with Gasteiger partial charge in [-0.2, -0.15) is 11.8 Å². The molecular formula is C15H23NS. The summed E-state index contributed by atoms with van der Waals surface area (Å²) >= 11 is 2.03. The lowest BCUT2D eigenvalue weighted by molar-refractivity contribution is 0.359. The van der Waals surface area contributed by atoms with Crippen molar-refractivity contribution in [2.75, 3.05) is 18.1 Å². The van der Waals surface area contributed by atoms with Crippen LogP contribution in [-0.2, 0) is 11.8 Å². The third-order valence-corrected chi connectivity index (χ3v) is 4.91. The van der Waals surface area contributed by atoms with Crippen LogP contribution in [0.1, 0.15) is 37.3 Å². The Hall–Kier alpha value is -0.470. The molecule has 94 valence electrons. The van der Waals surface area contributed by atoms with Gasteiger partial charge in [-0.15, -0.1) is 0 Å². The van der Waals surface area contributed by atoms with Crippen molar-refractivity contribution in [3.8, 4) is 0 Å². The first-order valence-electron chi connectivity index (χ1n) is 6.68. The van der Waals surface area contributed by atoms with Crippen LogP contribution >= 0.6 is 11.8 Å². The molecule has 0 amide bonds. The quantitative estimate of drug-likeness (QED) is 0.810. The lowest BCUT2D eigenvalue weighted by Crippen LogP contribution is -2.39. The molecular weight excluding hydrogens is 226 g/mol. The molecule has 0 bridgehead atoms. The van der Waals surface area contributed by atoms with Gasteiger partial charge in [0.1, 0.15) is 0 Å². The van der Waals surface area contributed by atoms with Crippen molar-refractivity contribution < 1.29 is 0 Å². The molecule has 2 rings (SSSR count). The summed E-state index contributed by atoms with van der Waals surface area (Å²) in [6.07, 6.45) is 5.04. The molecule has 1 atom stereocenters. The first kappa shape index (κ1) is 13.0. The zero-order valence-electron chi connectivity index (χ0n) is 10.7. The van der Waals surface area contributed by atoms with Crippen LogP contribution in [0.25, 0.3) is 0 Å². The maximum atomic E-state index is 6.13. The van der Waals surface area contributed by atoms with E-state index in [9.17, 15) is 0 Å². The summed E-state index contributed by atoms with van der Waals surface area (Å²) in [4.78, 5) is 0. The van der Waals surface area contributed by atoms with Gasteiger partial charge in [-0.05, 0) is 48.3 Å². The molecule has 0 heterocycles. The van der Waals surface area contributed by atoms with Gasteiger partial charge in [0.2, 0.25) is 0 Å². The predicted molar refractivity (Wildman–Crippen MR) is 77.7 cm³/mol. The third-order valence-electron chi connectivity index (χ3n) is 4.01. The normalized spacial score (nSPS) is 23.4. The number of fused-ring (bicyclic) bond motifs is 1. The lowest BCUT2D eigenvalue weighted by Gasteiger charge is -2.38. The number of rotatable bonds is 5. The fourth-order valence-corrected chi connectivity index (χ4v) is 3.82. The predicted octanol–water partition coefficient (Wildman–Crippen LogP) is 3.36. The Labute approximate surface area is 109 Å². The summed E-state index contributed by atoms with van der Waals surface area (Å²) in [7, 11) is 0. The zero-order valence-corrected chi connectivity index (χ0v) is 11.6. The maximum Gasteiger partial charge on any atom is 0.00862 e. The second-order valence-corrected chi connectivity index (χ2v) is 6.34. The molecule has 1 aromatic rings. The molecule has 0 aliphatic heterocycles. The molecule has 0 aromatic heterocycles. The highest BCUT2D eigenvalue weighted by Crippen LogP contribution is 2.39. The Morgan fingerprint density at radius 3 is 2.94 bits per heavy atom. The Kier molecular flexibility index (Phi) is 4.52. The summed E-state index contributed by atoms with van der Waals surface area (Å²) in [6.45, 7) is 3.03. The second kappa shape index (κ2) is 5.92. The van der Waals surface area contributed by atoms with E-state index in [0.717, 1.165) is 6.54 Å². The molecule has 1 aliphatic carbocycles. The minimum Gasteiger partial charge on any atom is -0.330 e. The van der Waals surface area contributed by atoms with Crippen molar-refractivity contribution in [3.05, 3.63) is 35.4 Å². The molecule has 0 saturated carbocycles. The van der Waals surface area contributed by atoms with E-state index < -0.39 is 0 Å². The highest BCUT2D eigenvalue weighted by Gasteiger charge is 2.34. The van der Waals surface area contributed by atoms with Gasteiger partial charge < -0.3 is 5.73 Å². The van der Waals surface area contributed by atoms with Crippen molar-refractivity contribution in [2.24, 2.45) is 5.73 Å².